The van der Waals surface area contributed by atoms with Crippen LogP contribution in [0.4, 0.5) is 0 Å². The summed E-state index contributed by atoms with van der Waals surface area (Å²) in [6, 6.07) is 1.92. The van der Waals surface area contributed by atoms with Crippen molar-refractivity contribution in [3.8, 4) is 0 Å². The molecule has 0 bridgehead atoms. The molecule has 0 spiro atoms. The van der Waals surface area contributed by atoms with Crippen LogP contribution in [0.5, 0.6) is 0 Å². The fraction of sp³-hybridized carbons (Fsp3) is 0.692. The summed E-state index contributed by atoms with van der Waals surface area (Å²) in [7, 11) is 1.88. The number of rotatable bonds is 5. The predicted octanol–water partition coefficient (Wildman–Crippen LogP) is 2.60. The fourth-order valence-corrected chi connectivity index (χ4v) is 3.44. The molecule has 0 amide bonds. The van der Waals surface area contributed by atoms with E-state index in [1.54, 1.807) is 4.68 Å². The maximum atomic E-state index is 11.8. The topological polar surface area (TPSA) is 34.9 Å². The van der Waals surface area contributed by atoms with Crippen LogP contribution in [-0.4, -0.2) is 26.6 Å². The van der Waals surface area contributed by atoms with Gasteiger partial charge in [0.25, 0.3) is 0 Å². The van der Waals surface area contributed by atoms with E-state index in [9.17, 15) is 4.79 Å². The molecule has 4 heteroatoms. The summed E-state index contributed by atoms with van der Waals surface area (Å²) in [6.07, 6.45) is 9.01. The number of aryl methyl sites for hydroxylation is 1. The maximum Gasteiger partial charge on any atom is 0.148 e. The molecular weight excluding hydrogens is 232 g/mol. The van der Waals surface area contributed by atoms with Crippen molar-refractivity contribution < 1.29 is 4.79 Å². The molecule has 0 N–H and O–H groups in total. The minimum Gasteiger partial charge on any atom is -0.298 e. The normalized spacial score (nSPS) is 17.2. The largest absolute Gasteiger partial charge is 0.298 e. The first-order valence-electron chi connectivity index (χ1n) is 6.36. The van der Waals surface area contributed by atoms with Crippen LogP contribution in [0.1, 0.15) is 37.8 Å². The van der Waals surface area contributed by atoms with Crippen molar-refractivity contribution in [2.24, 2.45) is 7.05 Å². The molecule has 0 unspecified atom stereocenters. The highest BCUT2D eigenvalue weighted by molar-refractivity contribution is 8.00. The van der Waals surface area contributed by atoms with Gasteiger partial charge in [-0.15, -0.1) is 0 Å². The lowest BCUT2D eigenvalue weighted by atomic mass is 10.0. The molecule has 1 aliphatic carbocycles. The molecule has 0 atom stereocenters. The summed E-state index contributed by atoms with van der Waals surface area (Å²) in [5.41, 5.74) is 0.891. The van der Waals surface area contributed by atoms with Gasteiger partial charge in [0.2, 0.25) is 0 Å². The molecule has 0 aromatic carbocycles. The highest BCUT2D eigenvalue weighted by Crippen LogP contribution is 2.28. The second kappa shape index (κ2) is 6.24. The van der Waals surface area contributed by atoms with E-state index >= 15 is 0 Å². The summed E-state index contributed by atoms with van der Waals surface area (Å²) in [6.45, 7) is 0. The molecule has 17 heavy (non-hydrogen) atoms. The molecule has 1 fully saturated rings. The molecule has 94 valence electrons. The molecular formula is C13H20N2OS. The van der Waals surface area contributed by atoms with E-state index in [0.29, 0.717) is 18.0 Å². The van der Waals surface area contributed by atoms with Gasteiger partial charge in [0.15, 0.2) is 0 Å². The molecule has 1 aromatic rings. The van der Waals surface area contributed by atoms with Gasteiger partial charge in [-0.25, -0.2) is 0 Å². The lowest BCUT2D eigenvalue weighted by Gasteiger charge is -2.20. The highest BCUT2D eigenvalue weighted by Gasteiger charge is 2.15. The van der Waals surface area contributed by atoms with Crippen LogP contribution in [0.25, 0.3) is 0 Å². The number of nitrogens with zero attached hydrogens (tertiary/aromatic N) is 2. The van der Waals surface area contributed by atoms with Crippen molar-refractivity contribution in [1.29, 1.82) is 0 Å². The van der Waals surface area contributed by atoms with Gasteiger partial charge < -0.3 is 0 Å². The Morgan fingerprint density at radius 2 is 2.24 bits per heavy atom. The Morgan fingerprint density at radius 1 is 1.47 bits per heavy atom. The molecule has 1 aliphatic rings. The van der Waals surface area contributed by atoms with Crippen LogP contribution in [-0.2, 0) is 18.3 Å². The van der Waals surface area contributed by atoms with Crippen molar-refractivity contribution >= 4 is 17.5 Å². The number of Topliss-reactive ketones (excluding diaryl/α,β-unsaturated/α-hetero) is 1. The Labute approximate surface area is 107 Å². The number of thioether (sulfide) groups is 1. The fourth-order valence-electron chi connectivity index (χ4n) is 2.25. The molecule has 0 radical (unpaired) electrons. The second-order valence-electron chi connectivity index (χ2n) is 4.77. The van der Waals surface area contributed by atoms with Crippen molar-refractivity contribution in [1.82, 2.24) is 9.78 Å². The SMILES string of the molecule is Cn1ccc(CC(=O)CSC2CCCCC2)n1. The predicted molar refractivity (Wildman–Crippen MR) is 71.3 cm³/mol. The van der Waals surface area contributed by atoms with Crippen LogP contribution in [0, 0.1) is 0 Å². The van der Waals surface area contributed by atoms with Crippen LogP contribution in [0.3, 0.4) is 0 Å². The first-order valence-corrected chi connectivity index (χ1v) is 7.41. The average Bonchev–Trinajstić information content (AvgIpc) is 2.73. The number of carbonyl (C=O) groups is 1. The monoisotopic (exact) mass is 252 g/mol. The Hall–Kier alpha value is -0.770. The summed E-state index contributed by atoms with van der Waals surface area (Å²) >= 11 is 1.85. The van der Waals surface area contributed by atoms with Crippen LogP contribution in [0.2, 0.25) is 0 Å². The Kier molecular flexibility index (Phi) is 4.66. The zero-order valence-electron chi connectivity index (χ0n) is 10.4. The average molecular weight is 252 g/mol. The van der Waals surface area contributed by atoms with Gasteiger partial charge in [0.1, 0.15) is 5.78 Å². The van der Waals surface area contributed by atoms with E-state index < -0.39 is 0 Å². The maximum absolute atomic E-state index is 11.8. The van der Waals surface area contributed by atoms with E-state index in [-0.39, 0.29) is 0 Å². The first-order chi connectivity index (χ1) is 8.24. The third-order valence-electron chi connectivity index (χ3n) is 3.18. The van der Waals surface area contributed by atoms with E-state index in [4.69, 9.17) is 0 Å². The first kappa shape index (κ1) is 12.7. The van der Waals surface area contributed by atoms with Crippen molar-refractivity contribution in [3.05, 3.63) is 18.0 Å². The van der Waals surface area contributed by atoms with Crippen LogP contribution in [0.15, 0.2) is 12.3 Å². The van der Waals surface area contributed by atoms with Crippen molar-refractivity contribution in [3.63, 3.8) is 0 Å². The quantitative estimate of drug-likeness (QED) is 0.808. The van der Waals surface area contributed by atoms with Gasteiger partial charge in [-0.2, -0.15) is 16.9 Å². The number of hydrogen-bond donors (Lipinski definition) is 0. The summed E-state index contributed by atoms with van der Waals surface area (Å²) in [4.78, 5) is 11.8. The number of hydrogen-bond acceptors (Lipinski definition) is 3. The summed E-state index contributed by atoms with van der Waals surface area (Å²) < 4.78 is 1.75. The van der Waals surface area contributed by atoms with Gasteiger partial charge in [-0.3, -0.25) is 9.48 Å². The summed E-state index contributed by atoms with van der Waals surface area (Å²) in [5.74, 6) is 0.959. The van der Waals surface area contributed by atoms with Crippen LogP contribution < -0.4 is 0 Å². The second-order valence-corrected chi connectivity index (χ2v) is 6.06. The van der Waals surface area contributed by atoms with E-state index in [0.717, 1.165) is 10.9 Å². The van der Waals surface area contributed by atoms with Gasteiger partial charge >= 0.3 is 0 Å². The van der Waals surface area contributed by atoms with Gasteiger partial charge in [0, 0.05) is 18.5 Å². The Bertz CT molecular complexity index is 369. The third kappa shape index (κ3) is 4.19. The Morgan fingerprint density at radius 3 is 2.88 bits per heavy atom. The molecule has 1 heterocycles. The lowest BCUT2D eigenvalue weighted by molar-refractivity contribution is -0.116. The highest BCUT2D eigenvalue weighted by atomic mass is 32.2. The lowest BCUT2D eigenvalue weighted by Crippen LogP contribution is -2.13. The standard InChI is InChI=1S/C13H20N2OS/c1-15-8-7-11(14-15)9-12(16)10-17-13-5-3-2-4-6-13/h7-8,13H,2-6,9-10H2,1H3. The summed E-state index contributed by atoms with van der Waals surface area (Å²) in [5, 5.41) is 4.95. The number of aromatic nitrogens is 2. The zero-order valence-corrected chi connectivity index (χ0v) is 11.2. The number of ketones is 1. The molecule has 2 rings (SSSR count). The molecule has 1 aromatic heterocycles. The van der Waals surface area contributed by atoms with E-state index in [2.05, 4.69) is 5.10 Å². The van der Waals surface area contributed by atoms with Crippen LogP contribution >= 0.6 is 11.8 Å². The third-order valence-corrected chi connectivity index (χ3v) is 4.61. The minimum absolute atomic E-state index is 0.305. The minimum atomic E-state index is 0.305. The van der Waals surface area contributed by atoms with E-state index in [1.165, 1.54) is 32.1 Å². The van der Waals surface area contributed by atoms with Gasteiger partial charge in [-0.1, -0.05) is 19.3 Å². The van der Waals surface area contributed by atoms with Crippen molar-refractivity contribution in [2.75, 3.05) is 5.75 Å². The molecule has 0 saturated heterocycles. The van der Waals surface area contributed by atoms with Gasteiger partial charge in [-0.05, 0) is 18.9 Å². The Balaban J connectivity index is 1.70. The molecule has 1 saturated carbocycles. The van der Waals surface area contributed by atoms with Crippen molar-refractivity contribution in [2.45, 2.75) is 43.8 Å². The smallest absolute Gasteiger partial charge is 0.148 e. The van der Waals surface area contributed by atoms with E-state index in [1.807, 2.05) is 31.1 Å². The van der Waals surface area contributed by atoms with Gasteiger partial charge in [0.05, 0.1) is 17.9 Å². The molecule has 3 nitrogen and oxygen atoms in total. The number of carbonyl (C=O) groups excluding carboxylic acids is 1. The molecule has 0 aliphatic heterocycles. The zero-order chi connectivity index (χ0) is 12.1.